The molecule has 1 aliphatic heterocycles. The van der Waals surface area contributed by atoms with E-state index in [1.54, 1.807) is 6.20 Å². The number of aliphatic imine (C=N–C) groups is 1. The van der Waals surface area contributed by atoms with Crippen LogP contribution in [0.15, 0.2) is 64.2 Å². The molecule has 0 saturated carbocycles. The van der Waals surface area contributed by atoms with E-state index < -0.39 is 0 Å². The summed E-state index contributed by atoms with van der Waals surface area (Å²) in [7, 11) is 0. The molecule has 33 heavy (non-hydrogen) atoms. The molecule has 8 heteroatoms. The van der Waals surface area contributed by atoms with Gasteiger partial charge >= 0.3 is 0 Å². The van der Waals surface area contributed by atoms with E-state index in [1.807, 2.05) is 18.2 Å². The average Bonchev–Trinajstić information content (AvgIpc) is 3.34. The highest BCUT2D eigenvalue weighted by Gasteiger charge is 2.24. The van der Waals surface area contributed by atoms with Gasteiger partial charge in [0.1, 0.15) is 5.69 Å². The number of benzene rings is 1. The molecule has 3 heterocycles. The summed E-state index contributed by atoms with van der Waals surface area (Å²) in [6, 6.07) is 17.2. The van der Waals surface area contributed by atoms with Crippen molar-refractivity contribution in [3.63, 3.8) is 0 Å². The van der Waals surface area contributed by atoms with Crippen LogP contribution in [0.3, 0.4) is 0 Å². The summed E-state index contributed by atoms with van der Waals surface area (Å²) in [4.78, 5) is 16.0. The fourth-order valence-electron chi connectivity index (χ4n) is 4.10. The van der Waals surface area contributed by atoms with E-state index in [2.05, 4.69) is 74.8 Å². The Labute approximate surface area is 195 Å². The first kappa shape index (κ1) is 22.9. The Morgan fingerprint density at radius 1 is 1.15 bits per heavy atom. The number of pyridine rings is 1. The zero-order valence-corrected chi connectivity index (χ0v) is 19.4. The van der Waals surface area contributed by atoms with E-state index in [1.165, 1.54) is 5.56 Å². The van der Waals surface area contributed by atoms with E-state index in [0.717, 1.165) is 38.4 Å². The summed E-state index contributed by atoms with van der Waals surface area (Å²) < 4.78 is 5.33. The van der Waals surface area contributed by atoms with Crippen LogP contribution in [0, 0.1) is 0 Å². The number of piperidine rings is 1. The van der Waals surface area contributed by atoms with Gasteiger partial charge < -0.3 is 15.2 Å². The average molecular weight is 448 g/mol. The van der Waals surface area contributed by atoms with Gasteiger partial charge in [-0.25, -0.2) is 0 Å². The Morgan fingerprint density at radius 2 is 1.94 bits per heavy atom. The topological polar surface area (TPSA) is 91.5 Å². The lowest BCUT2D eigenvalue weighted by Crippen LogP contribution is -2.49. The van der Waals surface area contributed by atoms with Crippen molar-refractivity contribution < 1.29 is 4.52 Å². The molecular formula is C25H33N7O. The van der Waals surface area contributed by atoms with Gasteiger partial charge in [-0.2, -0.15) is 4.98 Å². The SMILES string of the molecule is CCNC(=NCCc1noc(-c2ccccn2)n1)NC1CCN(C(C)c2ccccc2)CC1. The standard InChI is InChI=1S/C25H33N7O/c1-3-26-25(28-16-12-23-30-24(33-31-23)22-11-7-8-15-27-22)29-21-13-17-32(18-14-21)19(2)20-9-5-4-6-10-20/h4-11,15,19,21H,3,12-14,16-18H2,1-2H3,(H2,26,28,29). The van der Waals surface area contributed by atoms with E-state index in [-0.39, 0.29) is 0 Å². The molecule has 3 aromatic rings. The van der Waals surface area contributed by atoms with Gasteiger partial charge in [0.25, 0.3) is 5.89 Å². The van der Waals surface area contributed by atoms with Gasteiger partial charge in [0.15, 0.2) is 11.8 Å². The van der Waals surface area contributed by atoms with Crippen LogP contribution in [0.5, 0.6) is 0 Å². The van der Waals surface area contributed by atoms with Crippen LogP contribution >= 0.6 is 0 Å². The number of nitrogens with zero attached hydrogens (tertiary/aromatic N) is 5. The van der Waals surface area contributed by atoms with Crippen LogP contribution in [0.2, 0.25) is 0 Å². The van der Waals surface area contributed by atoms with Crippen molar-refractivity contribution in [2.75, 3.05) is 26.2 Å². The monoisotopic (exact) mass is 447 g/mol. The molecule has 0 amide bonds. The van der Waals surface area contributed by atoms with Crippen molar-refractivity contribution in [3.05, 3.63) is 66.1 Å². The first-order valence-corrected chi connectivity index (χ1v) is 11.8. The van der Waals surface area contributed by atoms with Gasteiger partial charge in [-0.15, -0.1) is 0 Å². The highest BCUT2D eigenvalue weighted by molar-refractivity contribution is 5.80. The van der Waals surface area contributed by atoms with E-state index >= 15 is 0 Å². The van der Waals surface area contributed by atoms with E-state index in [9.17, 15) is 0 Å². The summed E-state index contributed by atoms with van der Waals surface area (Å²) in [6.45, 7) is 7.94. The van der Waals surface area contributed by atoms with Gasteiger partial charge in [-0.3, -0.25) is 14.9 Å². The summed E-state index contributed by atoms with van der Waals surface area (Å²) in [6.07, 6.45) is 4.52. The molecule has 174 valence electrons. The molecule has 2 N–H and O–H groups in total. The van der Waals surface area contributed by atoms with Gasteiger partial charge in [-0.05, 0) is 44.4 Å². The van der Waals surface area contributed by atoms with Crippen molar-refractivity contribution in [2.45, 2.75) is 45.2 Å². The maximum absolute atomic E-state index is 5.33. The molecule has 0 aliphatic carbocycles. The van der Waals surface area contributed by atoms with Crippen LogP contribution in [0.1, 0.15) is 44.1 Å². The molecule has 0 bridgehead atoms. The number of guanidine groups is 1. The number of hydrogen-bond donors (Lipinski definition) is 2. The molecule has 8 nitrogen and oxygen atoms in total. The smallest absolute Gasteiger partial charge is 0.276 e. The molecule has 1 saturated heterocycles. The minimum Gasteiger partial charge on any atom is -0.357 e. The Kier molecular flexibility index (Phi) is 8.03. The van der Waals surface area contributed by atoms with Crippen molar-refractivity contribution in [3.8, 4) is 11.6 Å². The third kappa shape index (κ3) is 6.38. The predicted molar refractivity (Wildman–Crippen MR) is 130 cm³/mol. The van der Waals surface area contributed by atoms with Crippen LogP contribution in [0.4, 0.5) is 0 Å². The second-order valence-electron chi connectivity index (χ2n) is 8.28. The largest absolute Gasteiger partial charge is 0.357 e. The summed E-state index contributed by atoms with van der Waals surface area (Å²) in [5, 5.41) is 11.0. The quantitative estimate of drug-likeness (QED) is 0.404. The molecule has 1 unspecified atom stereocenters. The van der Waals surface area contributed by atoms with Crippen LogP contribution in [-0.2, 0) is 6.42 Å². The van der Waals surface area contributed by atoms with Crippen molar-refractivity contribution >= 4 is 5.96 Å². The first-order chi connectivity index (χ1) is 16.2. The third-order valence-corrected chi connectivity index (χ3v) is 6.00. The molecule has 0 radical (unpaired) electrons. The Hall–Kier alpha value is -3.26. The fraction of sp³-hybridized carbons (Fsp3) is 0.440. The van der Waals surface area contributed by atoms with Crippen molar-refractivity contribution in [1.82, 2.24) is 30.7 Å². The van der Waals surface area contributed by atoms with Gasteiger partial charge in [0, 0.05) is 50.9 Å². The van der Waals surface area contributed by atoms with Gasteiger partial charge in [-0.1, -0.05) is 41.6 Å². The number of hydrogen-bond acceptors (Lipinski definition) is 6. The maximum atomic E-state index is 5.33. The molecule has 1 atom stereocenters. The Morgan fingerprint density at radius 3 is 2.67 bits per heavy atom. The fourth-order valence-corrected chi connectivity index (χ4v) is 4.10. The normalized spacial score (nSPS) is 16.5. The summed E-state index contributed by atoms with van der Waals surface area (Å²) in [5.41, 5.74) is 2.06. The summed E-state index contributed by atoms with van der Waals surface area (Å²) in [5.74, 6) is 1.93. The molecule has 1 aliphatic rings. The lowest BCUT2D eigenvalue weighted by molar-refractivity contribution is 0.158. The molecule has 1 aromatic carbocycles. The highest BCUT2D eigenvalue weighted by atomic mass is 16.5. The van der Waals surface area contributed by atoms with E-state index in [0.29, 0.717) is 42.5 Å². The number of likely N-dealkylation sites (tertiary alicyclic amines) is 1. The second kappa shape index (κ2) is 11.6. The zero-order chi connectivity index (χ0) is 22.9. The van der Waals surface area contributed by atoms with Crippen molar-refractivity contribution in [1.29, 1.82) is 0 Å². The third-order valence-electron chi connectivity index (χ3n) is 6.00. The molecular weight excluding hydrogens is 414 g/mol. The first-order valence-electron chi connectivity index (χ1n) is 11.8. The number of aromatic nitrogens is 3. The summed E-state index contributed by atoms with van der Waals surface area (Å²) >= 11 is 0. The minimum atomic E-state index is 0.419. The van der Waals surface area contributed by atoms with Crippen LogP contribution in [0.25, 0.3) is 11.6 Å². The maximum Gasteiger partial charge on any atom is 0.276 e. The highest BCUT2D eigenvalue weighted by Crippen LogP contribution is 2.24. The predicted octanol–water partition coefficient (Wildman–Crippen LogP) is 3.45. The number of rotatable bonds is 8. The second-order valence-corrected chi connectivity index (χ2v) is 8.28. The molecule has 0 spiro atoms. The molecule has 1 fully saturated rings. The number of nitrogens with one attached hydrogen (secondary N) is 2. The Balaban J connectivity index is 1.26. The van der Waals surface area contributed by atoms with Crippen molar-refractivity contribution in [2.24, 2.45) is 4.99 Å². The van der Waals surface area contributed by atoms with E-state index in [4.69, 9.17) is 9.52 Å². The molecule has 4 rings (SSSR count). The minimum absolute atomic E-state index is 0.419. The van der Waals surface area contributed by atoms with Crippen LogP contribution in [-0.4, -0.2) is 58.2 Å². The van der Waals surface area contributed by atoms with Gasteiger partial charge in [0.2, 0.25) is 0 Å². The lowest BCUT2D eigenvalue weighted by Gasteiger charge is -2.37. The molecule has 2 aromatic heterocycles. The zero-order valence-electron chi connectivity index (χ0n) is 19.4. The lowest BCUT2D eigenvalue weighted by atomic mass is 10.0. The van der Waals surface area contributed by atoms with Crippen LogP contribution < -0.4 is 10.6 Å². The Bertz CT molecular complexity index is 998. The van der Waals surface area contributed by atoms with Gasteiger partial charge in [0.05, 0.1) is 0 Å².